The number of hydrogen-bond donors (Lipinski definition) is 2. The number of carbonyl (C=O) groups is 1. The molecule has 0 aliphatic carbocycles. The first kappa shape index (κ1) is 22.6. The van der Waals surface area contributed by atoms with Gasteiger partial charge < -0.3 is 24.7 Å². The number of aromatic amines is 1. The molecular weight excluding hydrogens is 448 g/mol. The van der Waals surface area contributed by atoms with Crippen molar-refractivity contribution in [2.24, 2.45) is 5.92 Å². The summed E-state index contributed by atoms with van der Waals surface area (Å²) in [6.07, 6.45) is 4.45. The fourth-order valence-electron chi connectivity index (χ4n) is 3.80. The number of likely N-dealkylation sites (tertiary alicyclic amines) is 1. The topological polar surface area (TPSA) is 134 Å². The third-order valence-electron chi connectivity index (χ3n) is 5.48. The summed E-state index contributed by atoms with van der Waals surface area (Å²) in [6, 6.07) is 2.05. The van der Waals surface area contributed by atoms with E-state index in [-0.39, 0.29) is 37.0 Å². The zero-order chi connectivity index (χ0) is 23.5. The van der Waals surface area contributed by atoms with E-state index in [0.29, 0.717) is 46.4 Å². The maximum Gasteiger partial charge on any atom is 0.246 e. The van der Waals surface area contributed by atoms with Crippen molar-refractivity contribution in [1.29, 1.82) is 5.26 Å². The van der Waals surface area contributed by atoms with Crippen molar-refractivity contribution >= 4 is 40.2 Å². The van der Waals surface area contributed by atoms with E-state index in [4.69, 9.17) is 26.3 Å². The number of nitriles is 1. The Bertz CT molecular complexity index is 1230. The molecule has 12 heteroatoms. The number of hydrogen-bond acceptors (Lipinski definition) is 8. The van der Waals surface area contributed by atoms with E-state index in [0.717, 1.165) is 0 Å². The fourth-order valence-corrected chi connectivity index (χ4v) is 4.03. The average Bonchev–Trinajstić information content (AvgIpc) is 3.49. The number of aromatic nitrogens is 5. The standard InChI is InChI=1S/C21H23ClN8O3/c1-4-17(31)29-8-13(16(10-29)32-3)11-33-20-18-14(22)7-24-19(18)26-21(27-20)25-15-9-30(6-5-23)28-12(15)2/h4,7,9,13,16H,1,6,8,10-11H2,2-3H3,(H2,24,25,26,27)/t13-,16?/m1/s1. The van der Waals surface area contributed by atoms with Crippen molar-refractivity contribution in [3.8, 4) is 11.9 Å². The SMILES string of the molecule is C=CC(=O)N1CC(OC)[C@@H](COc2nc(Nc3cn(CC#N)nc3C)nc3[nH]cc(Cl)c23)C1. The van der Waals surface area contributed by atoms with Crippen LogP contribution >= 0.6 is 11.6 Å². The molecule has 1 amide bonds. The van der Waals surface area contributed by atoms with Gasteiger partial charge in [0.1, 0.15) is 12.2 Å². The molecule has 3 aromatic heterocycles. The Balaban J connectivity index is 1.57. The Kier molecular flexibility index (Phi) is 6.48. The molecule has 3 aromatic rings. The predicted molar refractivity (Wildman–Crippen MR) is 121 cm³/mol. The highest BCUT2D eigenvalue weighted by Gasteiger charge is 2.35. The minimum absolute atomic E-state index is 0.0514. The van der Waals surface area contributed by atoms with Gasteiger partial charge in [0, 0.05) is 32.3 Å². The monoisotopic (exact) mass is 470 g/mol. The van der Waals surface area contributed by atoms with Crippen LogP contribution in [0.15, 0.2) is 25.0 Å². The van der Waals surface area contributed by atoms with E-state index in [9.17, 15) is 4.79 Å². The summed E-state index contributed by atoms with van der Waals surface area (Å²) in [5.41, 5.74) is 1.87. The first-order valence-electron chi connectivity index (χ1n) is 10.2. The largest absolute Gasteiger partial charge is 0.477 e. The van der Waals surface area contributed by atoms with Crippen molar-refractivity contribution in [3.05, 3.63) is 35.8 Å². The second-order valence-corrected chi connectivity index (χ2v) is 8.02. The van der Waals surface area contributed by atoms with Gasteiger partial charge in [0.25, 0.3) is 0 Å². The van der Waals surface area contributed by atoms with Crippen molar-refractivity contribution in [1.82, 2.24) is 29.6 Å². The molecule has 1 fully saturated rings. The number of nitrogens with one attached hydrogen (secondary N) is 2. The fraction of sp³-hybridized carbons (Fsp3) is 0.381. The lowest BCUT2D eigenvalue weighted by molar-refractivity contribution is -0.125. The van der Waals surface area contributed by atoms with Crippen LogP contribution in [0.2, 0.25) is 5.02 Å². The number of aryl methyl sites for hydroxylation is 1. The van der Waals surface area contributed by atoms with Gasteiger partial charge in [0.05, 0.1) is 46.8 Å². The number of amides is 1. The van der Waals surface area contributed by atoms with Gasteiger partial charge in [-0.3, -0.25) is 9.48 Å². The molecular formula is C21H23ClN8O3. The number of ether oxygens (including phenoxy) is 2. The lowest BCUT2D eigenvalue weighted by atomic mass is 10.1. The van der Waals surface area contributed by atoms with Gasteiger partial charge in [-0.1, -0.05) is 18.2 Å². The highest BCUT2D eigenvalue weighted by Crippen LogP contribution is 2.32. The molecule has 172 valence electrons. The van der Waals surface area contributed by atoms with E-state index in [1.54, 1.807) is 24.4 Å². The predicted octanol–water partition coefficient (Wildman–Crippen LogP) is 2.42. The Morgan fingerprint density at radius 2 is 2.30 bits per heavy atom. The van der Waals surface area contributed by atoms with Gasteiger partial charge >= 0.3 is 0 Å². The Morgan fingerprint density at radius 3 is 3.03 bits per heavy atom. The van der Waals surface area contributed by atoms with Crippen LogP contribution in [0.25, 0.3) is 11.0 Å². The Labute approximate surface area is 195 Å². The molecule has 4 heterocycles. The van der Waals surface area contributed by atoms with E-state index in [1.165, 1.54) is 10.8 Å². The van der Waals surface area contributed by atoms with Crippen molar-refractivity contribution in [2.45, 2.75) is 19.6 Å². The molecule has 1 saturated heterocycles. The lowest BCUT2D eigenvalue weighted by Crippen LogP contribution is -2.28. The first-order valence-corrected chi connectivity index (χ1v) is 10.6. The maximum absolute atomic E-state index is 12.0. The van der Waals surface area contributed by atoms with Crippen molar-refractivity contribution < 1.29 is 14.3 Å². The molecule has 4 rings (SSSR count). The number of anilines is 2. The summed E-state index contributed by atoms with van der Waals surface area (Å²) < 4.78 is 13.2. The molecule has 1 aliphatic heterocycles. The zero-order valence-electron chi connectivity index (χ0n) is 18.2. The van der Waals surface area contributed by atoms with Gasteiger partial charge in [0.2, 0.25) is 17.7 Å². The van der Waals surface area contributed by atoms with E-state index < -0.39 is 0 Å². The summed E-state index contributed by atoms with van der Waals surface area (Å²) in [4.78, 5) is 25.7. The second kappa shape index (κ2) is 9.48. The van der Waals surface area contributed by atoms with E-state index >= 15 is 0 Å². The normalized spacial score (nSPS) is 17.8. The smallest absolute Gasteiger partial charge is 0.246 e. The molecule has 11 nitrogen and oxygen atoms in total. The summed E-state index contributed by atoms with van der Waals surface area (Å²) in [5, 5.41) is 17.3. The molecule has 0 saturated carbocycles. The molecule has 0 radical (unpaired) electrons. The summed E-state index contributed by atoms with van der Waals surface area (Å²) in [7, 11) is 1.61. The summed E-state index contributed by atoms with van der Waals surface area (Å²) >= 11 is 6.34. The lowest BCUT2D eigenvalue weighted by Gasteiger charge is -2.17. The van der Waals surface area contributed by atoms with Crippen LogP contribution in [0.1, 0.15) is 5.69 Å². The van der Waals surface area contributed by atoms with Crippen LogP contribution in [-0.2, 0) is 16.1 Å². The summed E-state index contributed by atoms with van der Waals surface area (Å²) in [6.45, 7) is 6.73. The zero-order valence-corrected chi connectivity index (χ0v) is 19.0. The number of fused-ring (bicyclic) bond motifs is 1. The highest BCUT2D eigenvalue weighted by molar-refractivity contribution is 6.35. The Hall–Kier alpha value is -3.62. The minimum atomic E-state index is -0.167. The number of nitrogens with zero attached hydrogens (tertiary/aromatic N) is 6. The van der Waals surface area contributed by atoms with Crippen LogP contribution in [0.5, 0.6) is 5.88 Å². The van der Waals surface area contributed by atoms with Crippen LogP contribution in [0.4, 0.5) is 11.6 Å². The highest BCUT2D eigenvalue weighted by atomic mass is 35.5. The molecule has 1 aliphatic rings. The maximum atomic E-state index is 12.0. The molecule has 0 spiro atoms. The van der Waals surface area contributed by atoms with Gasteiger partial charge in [-0.2, -0.15) is 20.3 Å². The quantitative estimate of drug-likeness (QED) is 0.479. The summed E-state index contributed by atoms with van der Waals surface area (Å²) in [5.74, 6) is 0.397. The Morgan fingerprint density at radius 1 is 1.48 bits per heavy atom. The first-order chi connectivity index (χ1) is 15.9. The third-order valence-corrected chi connectivity index (χ3v) is 5.78. The van der Waals surface area contributed by atoms with Crippen molar-refractivity contribution in [3.63, 3.8) is 0 Å². The van der Waals surface area contributed by atoms with Gasteiger partial charge in [0.15, 0.2) is 0 Å². The van der Waals surface area contributed by atoms with Crippen LogP contribution in [0.3, 0.4) is 0 Å². The minimum Gasteiger partial charge on any atom is -0.477 e. The molecule has 1 unspecified atom stereocenters. The van der Waals surface area contributed by atoms with E-state index in [2.05, 4.69) is 38.0 Å². The van der Waals surface area contributed by atoms with Crippen molar-refractivity contribution in [2.75, 3.05) is 32.1 Å². The van der Waals surface area contributed by atoms with Crippen LogP contribution in [-0.4, -0.2) is 68.4 Å². The molecule has 2 N–H and O–H groups in total. The second-order valence-electron chi connectivity index (χ2n) is 7.61. The van der Waals surface area contributed by atoms with Crippen LogP contribution in [0, 0.1) is 24.2 Å². The van der Waals surface area contributed by atoms with Gasteiger partial charge in [-0.25, -0.2) is 0 Å². The molecule has 2 atom stereocenters. The average molecular weight is 471 g/mol. The number of methoxy groups -OCH3 is 1. The number of halogens is 1. The van der Waals surface area contributed by atoms with Gasteiger partial charge in [-0.05, 0) is 13.0 Å². The number of carbonyl (C=O) groups excluding carboxylic acids is 1. The van der Waals surface area contributed by atoms with E-state index in [1.807, 2.05) is 6.92 Å². The van der Waals surface area contributed by atoms with Gasteiger partial charge in [-0.15, -0.1) is 0 Å². The third kappa shape index (κ3) is 4.62. The molecule has 0 aromatic carbocycles. The molecule has 0 bridgehead atoms. The number of rotatable bonds is 8. The van der Waals surface area contributed by atoms with Crippen LogP contribution < -0.4 is 10.1 Å². The number of H-pyrrole nitrogens is 1. The molecule has 33 heavy (non-hydrogen) atoms.